The zero-order valence-corrected chi connectivity index (χ0v) is 23.9. The molecule has 0 saturated carbocycles. The molecule has 0 aliphatic heterocycles. The molecule has 4 aromatic carbocycles. The summed E-state index contributed by atoms with van der Waals surface area (Å²) in [6.07, 6.45) is 0.165. The van der Waals surface area contributed by atoms with Crippen molar-refractivity contribution in [1.29, 1.82) is 0 Å². The van der Waals surface area contributed by atoms with Crippen LogP contribution in [0, 0.1) is 5.82 Å². The number of carbonyl (C=O) groups excluding carboxylic acids is 2. The minimum absolute atomic E-state index is 0.0409. The molecule has 1 N–H and O–H groups in total. The summed E-state index contributed by atoms with van der Waals surface area (Å²) in [5, 5.41) is 3.06. The van der Waals surface area contributed by atoms with Gasteiger partial charge in [0, 0.05) is 25.0 Å². The Hall–Kier alpha value is -4.21. The predicted molar refractivity (Wildman–Crippen MR) is 157 cm³/mol. The van der Waals surface area contributed by atoms with Crippen LogP contribution in [0.5, 0.6) is 0 Å². The maximum absolute atomic E-state index is 15.0. The molecule has 10 heteroatoms. The van der Waals surface area contributed by atoms with Gasteiger partial charge in [-0.2, -0.15) is 0 Å². The van der Waals surface area contributed by atoms with Crippen LogP contribution in [-0.2, 0) is 32.6 Å². The molecule has 0 fully saturated rings. The van der Waals surface area contributed by atoms with Crippen LogP contribution >= 0.6 is 11.6 Å². The summed E-state index contributed by atoms with van der Waals surface area (Å²) in [4.78, 5) is 28.6. The van der Waals surface area contributed by atoms with E-state index in [0.717, 1.165) is 15.9 Å². The first-order valence-corrected chi connectivity index (χ1v) is 14.6. The van der Waals surface area contributed by atoms with Crippen molar-refractivity contribution in [2.45, 2.75) is 23.9 Å². The number of halogens is 2. The van der Waals surface area contributed by atoms with Gasteiger partial charge in [0.1, 0.15) is 18.4 Å². The van der Waals surface area contributed by atoms with Crippen LogP contribution in [0.25, 0.3) is 0 Å². The lowest BCUT2D eigenvalue weighted by molar-refractivity contribution is -0.139. The molecule has 0 unspecified atom stereocenters. The number of nitrogens with zero attached hydrogens (tertiary/aromatic N) is 2. The van der Waals surface area contributed by atoms with Gasteiger partial charge in [-0.25, -0.2) is 12.8 Å². The van der Waals surface area contributed by atoms with Gasteiger partial charge < -0.3 is 10.2 Å². The number of rotatable bonds is 11. The van der Waals surface area contributed by atoms with Gasteiger partial charge in [-0.1, -0.05) is 84.4 Å². The number of amides is 2. The average Bonchev–Trinajstić information content (AvgIpc) is 2.98. The van der Waals surface area contributed by atoms with Crippen molar-refractivity contribution in [2.75, 3.05) is 17.9 Å². The Morgan fingerprint density at radius 1 is 0.854 bits per heavy atom. The fourth-order valence-corrected chi connectivity index (χ4v) is 6.10. The summed E-state index contributed by atoms with van der Waals surface area (Å²) < 4.78 is 43.4. The Balaban J connectivity index is 1.79. The minimum atomic E-state index is -4.37. The molecule has 2 amide bonds. The molecule has 212 valence electrons. The maximum atomic E-state index is 15.0. The van der Waals surface area contributed by atoms with E-state index in [4.69, 9.17) is 11.6 Å². The quantitative estimate of drug-likeness (QED) is 0.263. The zero-order chi connectivity index (χ0) is 29.4. The summed E-state index contributed by atoms with van der Waals surface area (Å²) in [6.45, 7) is -0.790. The number of likely N-dealkylation sites (N-methyl/N-ethyl adjacent to an activating group) is 1. The lowest BCUT2D eigenvalue weighted by Crippen LogP contribution is -2.53. The van der Waals surface area contributed by atoms with Crippen LogP contribution in [0.2, 0.25) is 5.02 Å². The third kappa shape index (κ3) is 7.31. The predicted octanol–water partition coefficient (Wildman–Crippen LogP) is 5.06. The van der Waals surface area contributed by atoms with Crippen LogP contribution in [-0.4, -0.2) is 44.8 Å². The Morgan fingerprint density at radius 2 is 1.46 bits per heavy atom. The van der Waals surface area contributed by atoms with E-state index in [1.54, 1.807) is 42.5 Å². The second-order valence-corrected chi connectivity index (χ2v) is 11.5. The third-order valence-corrected chi connectivity index (χ3v) is 8.50. The SMILES string of the molecule is CNC(=O)[C@@H](Cc1ccccc1)N(Cc1cccc(Cl)c1)C(=O)CN(c1ccccc1F)S(=O)(=O)c1ccccc1. The molecule has 4 aromatic rings. The molecular weight excluding hydrogens is 565 g/mol. The van der Waals surface area contributed by atoms with Crippen molar-refractivity contribution in [2.24, 2.45) is 0 Å². The molecule has 0 aromatic heterocycles. The smallest absolute Gasteiger partial charge is 0.264 e. The number of nitrogens with one attached hydrogen (secondary N) is 1. The topological polar surface area (TPSA) is 86.8 Å². The van der Waals surface area contributed by atoms with E-state index in [1.807, 2.05) is 30.3 Å². The highest BCUT2D eigenvalue weighted by Crippen LogP contribution is 2.27. The molecule has 0 aliphatic rings. The second-order valence-electron chi connectivity index (χ2n) is 9.25. The molecule has 1 atom stereocenters. The third-order valence-electron chi connectivity index (χ3n) is 6.49. The Bertz CT molecular complexity index is 1600. The van der Waals surface area contributed by atoms with Crippen molar-refractivity contribution >= 4 is 39.1 Å². The standard InChI is InChI=1S/C31H29ClFN3O4S/c1-34-31(38)29(20-23-11-4-2-5-12-23)35(21-24-13-10-14-25(32)19-24)30(37)22-36(28-18-9-8-17-27(28)33)41(39,40)26-15-6-3-7-16-26/h2-19,29H,20-22H2,1H3,(H,34,38)/t29-/m1/s1. The van der Waals surface area contributed by atoms with E-state index in [1.165, 1.54) is 42.3 Å². The minimum Gasteiger partial charge on any atom is -0.357 e. The normalized spacial score (nSPS) is 11.9. The highest BCUT2D eigenvalue weighted by molar-refractivity contribution is 7.92. The molecule has 0 heterocycles. The maximum Gasteiger partial charge on any atom is 0.264 e. The Morgan fingerprint density at radius 3 is 2.10 bits per heavy atom. The average molecular weight is 594 g/mol. The number of anilines is 1. The van der Waals surface area contributed by atoms with E-state index >= 15 is 4.39 Å². The number of hydrogen-bond acceptors (Lipinski definition) is 4. The molecule has 7 nitrogen and oxygen atoms in total. The van der Waals surface area contributed by atoms with Crippen LogP contribution in [0.1, 0.15) is 11.1 Å². The molecule has 41 heavy (non-hydrogen) atoms. The van der Waals surface area contributed by atoms with Crippen molar-refractivity contribution in [3.8, 4) is 0 Å². The molecule has 4 rings (SSSR count). The molecule has 0 aliphatic carbocycles. The van der Waals surface area contributed by atoms with Crippen molar-refractivity contribution < 1.29 is 22.4 Å². The van der Waals surface area contributed by atoms with Gasteiger partial charge in [0.05, 0.1) is 10.6 Å². The summed E-state index contributed by atoms with van der Waals surface area (Å²) in [7, 11) is -2.90. The highest BCUT2D eigenvalue weighted by Gasteiger charge is 2.35. The molecule has 0 spiro atoms. The number of sulfonamides is 1. The van der Waals surface area contributed by atoms with Crippen LogP contribution in [0.3, 0.4) is 0 Å². The number of benzene rings is 4. The summed E-state index contributed by atoms with van der Waals surface area (Å²) in [5.74, 6) is -1.95. The molecule has 0 saturated heterocycles. The second kappa shape index (κ2) is 13.4. The van der Waals surface area contributed by atoms with Crippen LogP contribution < -0.4 is 9.62 Å². The molecule has 0 bridgehead atoms. The zero-order valence-electron chi connectivity index (χ0n) is 22.3. The van der Waals surface area contributed by atoms with Crippen LogP contribution in [0.4, 0.5) is 10.1 Å². The number of carbonyl (C=O) groups is 2. The first-order chi connectivity index (χ1) is 19.7. The van der Waals surface area contributed by atoms with Gasteiger partial charge in [-0.15, -0.1) is 0 Å². The van der Waals surface area contributed by atoms with Crippen LogP contribution in [0.15, 0.2) is 114 Å². The molecular formula is C31H29ClFN3O4S. The highest BCUT2D eigenvalue weighted by atomic mass is 35.5. The van der Waals surface area contributed by atoms with E-state index in [9.17, 15) is 18.0 Å². The first kappa shape index (κ1) is 29.8. The summed E-state index contributed by atoms with van der Waals surface area (Å²) >= 11 is 6.20. The van der Waals surface area contributed by atoms with Gasteiger partial charge in [0.25, 0.3) is 10.0 Å². The van der Waals surface area contributed by atoms with E-state index < -0.39 is 40.2 Å². The van der Waals surface area contributed by atoms with Gasteiger partial charge in [0.2, 0.25) is 11.8 Å². The van der Waals surface area contributed by atoms with Crippen molar-refractivity contribution in [3.05, 3.63) is 131 Å². The van der Waals surface area contributed by atoms with E-state index in [2.05, 4.69) is 5.32 Å². The van der Waals surface area contributed by atoms with Gasteiger partial charge in [0.15, 0.2) is 0 Å². The molecule has 0 radical (unpaired) electrons. The summed E-state index contributed by atoms with van der Waals surface area (Å²) in [5.41, 5.74) is 1.15. The Labute approximate surface area is 244 Å². The lowest BCUT2D eigenvalue weighted by atomic mass is 10.0. The number of para-hydroxylation sites is 1. The Kier molecular flexibility index (Phi) is 9.75. The summed E-state index contributed by atoms with van der Waals surface area (Å²) in [6, 6.07) is 27.8. The van der Waals surface area contributed by atoms with E-state index in [0.29, 0.717) is 10.6 Å². The first-order valence-electron chi connectivity index (χ1n) is 12.8. The van der Waals surface area contributed by atoms with Crippen molar-refractivity contribution in [1.82, 2.24) is 10.2 Å². The van der Waals surface area contributed by atoms with Gasteiger partial charge >= 0.3 is 0 Å². The van der Waals surface area contributed by atoms with Gasteiger partial charge in [-0.05, 0) is 47.5 Å². The largest absolute Gasteiger partial charge is 0.357 e. The fraction of sp³-hybridized carbons (Fsp3) is 0.161. The van der Waals surface area contributed by atoms with Gasteiger partial charge in [-0.3, -0.25) is 13.9 Å². The van der Waals surface area contributed by atoms with Crippen molar-refractivity contribution in [3.63, 3.8) is 0 Å². The monoisotopic (exact) mass is 593 g/mol. The lowest BCUT2D eigenvalue weighted by Gasteiger charge is -2.33. The fourth-order valence-electron chi connectivity index (χ4n) is 4.44. The number of hydrogen-bond donors (Lipinski definition) is 1. The van der Waals surface area contributed by atoms with E-state index in [-0.39, 0.29) is 23.5 Å².